The van der Waals surface area contributed by atoms with Gasteiger partial charge in [0.05, 0.1) is 7.11 Å². The Labute approximate surface area is 114 Å². The van der Waals surface area contributed by atoms with E-state index in [9.17, 15) is 4.79 Å². The van der Waals surface area contributed by atoms with Crippen molar-refractivity contribution in [1.82, 2.24) is 0 Å². The highest BCUT2D eigenvalue weighted by molar-refractivity contribution is 9.09. The minimum Gasteiger partial charge on any atom is -0.468 e. The van der Waals surface area contributed by atoms with Crippen molar-refractivity contribution in [2.24, 2.45) is 5.73 Å². The van der Waals surface area contributed by atoms with E-state index in [-0.39, 0.29) is 5.97 Å². The summed E-state index contributed by atoms with van der Waals surface area (Å²) in [5.74, 6) is -0.292. The Kier molecular flexibility index (Phi) is 12.3. The fourth-order valence-corrected chi connectivity index (χ4v) is 2.19. The van der Waals surface area contributed by atoms with Gasteiger partial charge in [0, 0.05) is 5.33 Å². The zero-order valence-corrected chi connectivity index (χ0v) is 12.5. The Morgan fingerprint density at radius 1 is 1.06 bits per heavy atom. The Hall–Kier alpha value is -0.0900. The Morgan fingerprint density at radius 3 is 2.00 bits per heavy atom. The molecule has 0 aliphatic rings. The number of methoxy groups -OCH3 is 1. The van der Waals surface area contributed by atoms with Crippen molar-refractivity contribution >= 4 is 21.9 Å². The van der Waals surface area contributed by atoms with E-state index in [1.807, 2.05) is 0 Å². The molecule has 0 aliphatic carbocycles. The maximum absolute atomic E-state index is 11.0. The van der Waals surface area contributed by atoms with Crippen LogP contribution in [0.15, 0.2) is 0 Å². The maximum Gasteiger partial charge on any atom is 0.322 e. The van der Waals surface area contributed by atoms with Crippen LogP contribution in [0, 0.1) is 0 Å². The van der Waals surface area contributed by atoms with Gasteiger partial charge in [0.25, 0.3) is 0 Å². The van der Waals surface area contributed by atoms with Crippen LogP contribution in [0.2, 0.25) is 0 Å². The third-order valence-corrected chi connectivity index (χ3v) is 3.46. The first-order valence-electron chi connectivity index (χ1n) is 6.61. The van der Waals surface area contributed by atoms with Gasteiger partial charge in [0.2, 0.25) is 0 Å². The molecule has 0 aromatic heterocycles. The summed E-state index contributed by atoms with van der Waals surface area (Å²) < 4.78 is 4.58. The second-order valence-electron chi connectivity index (χ2n) is 4.44. The molecule has 102 valence electrons. The first-order valence-corrected chi connectivity index (χ1v) is 7.74. The molecular weight excluding hydrogens is 282 g/mol. The van der Waals surface area contributed by atoms with E-state index in [1.165, 1.54) is 52.1 Å². The van der Waals surface area contributed by atoms with Crippen LogP contribution in [0.3, 0.4) is 0 Å². The molecule has 0 radical (unpaired) electrons. The van der Waals surface area contributed by atoms with E-state index < -0.39 is 6.04 Å². The molecule has 17 heavy (non-hydrogen) atoms. The van der Waals surface area contributed by atoms with Crippen LogP contribution in [0.4, 0.5) is 0 Å². The van der Waals surface area contributed by atoms with Gasteiger partial charge >= 0.3 is 5.97 Å². The number of halogens is 1. The Morgan fingerprint density at radius 2 is 1.53 bits per heavy atom. The molecule has 0 saturated heterocycles. The van der Waals surface area contributed by atoms with Crippen molar-refractivity contribution in [2.75, 3.05) is 12.4 Å². The van der Waals surface area contributed by atoms with Crippen LogP contribution in [0.1, 0.15) is 57.8 Å². The summed E-state index contributed by atoms with van der Waals surface area (Å²) in [6.07, 6.45) is 10.8. The van der Waals surface area contributed by atoms with Gasteiger partial charge in [-0.15, -0.1) is 0 Å². The molecule has 0 saturated carbocycles. The van der Waals surface area contributed by atoms with Crippen LogP contribution < -0.4 is 5.73 Å². The van der Waals surface area contributed by atoms with E-state index in [0.29, 0.717) is 0 Å². The number of nitrogens with two attached hydrogens (primary N) is 1. The normalized spacial score (nSPS) is 12.4. The molecule has 1 unspecified atom stereocenters. The second kappa shape index (κ2) is 12.4. The Balaban J connectivity index is 3.15. The molecule has 0 fully saturated rings. The van der Waals surface area contributed by atoms with E-state index >= 15 is 0 Å². The van der Waals surface area contributed by atoms with E-state index in [1.54, 1.807) is 0 Å². The topological polar surface area (TPSA) is 52.3 Å². The van der Waals surface area contributed by atoms with Gasteiger partial charge in [-0.2, -0.15) is 0 Å². The average molecular weight is 308 g/mol. The zero-order chi connectivity index (χ0) is 12.9. The lowest BCUT2D eigenvalue weighted by molar-refractivity contribution is -0.142. The predicted octanol–water partition coefficient (Wildman–Crippen LogP) is 3.39. The zero-order valence-electron chi connectivity index (χ0n) is 10.9. The number of carbonyl (C=O) groups is 1. The lowest BCUT2D eigenvalue weighted by atomic mass is 10.1. The SMILES string of the molecule is COC(=O)C(N)CCCCCCCCCCBr. The lowest BCUT2D eigenvalue weighted by Gasteiger charge is -2.08. The fraction of sp³-hybridized carbons (Fsp3) is 0.923. The maximum atomic E-state index is 11.0. The van der Waals surface area contributed by atoms with E-state index in [2.05, 4.69) is 20.7 Å². The summed E-state index contributed by atoms with van der Waals surface area (Å²) in [5.41, 5.74) is 5.64. The molecule has 0 amide bonds. The van der Waals surface area contributed by atoms with Gasteiger partial charge in [-0.1, -0.05) is 60.9 Å². The minimum atomic E-state index is -0.432. The Bertz CT molecular complexity index is 188. The molecule has 4 heteroatoms. The molecule has 0 aliphatic heterocycles. The quantitative estimate of drug-likeness (QED) is 0.361. The van der Waals surface area contributed by atoms with Gasteiger partial charge < -0.3 is 10.5 Å². The van der Waals surface area contributed by atoms with Gasteiger partial charge in [-0.3, -0.25) is 4.79 Å². The van der Waals surface area contributed by atoms with Gasteiger partial charge in [-0.05, 0) is 12.8 Å². The minimum absolute atomic E-state index is 0.292. The molecule has 0 rings (SSSR count). The highest BCUT2D eigenvalue weighted by Crippen LogP contribution is 2.11. The number of rotatable bonds is 11. The summed E-state index contributed by atoms with van der Waals surface area (Å²) in [5, 5.41) is 1.12. The molecule has 0 aromatic carbocycles. The van der Waals surface area contributed by atoms with Crippen LogP contribution in [-0.4, -0.2) is 24.5 Å². The third kappa shape index (κ3) is 10.8. The number of carbonyl (C=O) groups excluding carboxylic acids is 1. The summed E-state index contributed by atoms with van der Waals surface area (Å²) >= 11 is 3.43. The smallest absolute Gasteiger partial charge is 0.322 e. The molecule has 3 nitrogen and oxygen atoms in total. The average Bonchev–Trinajstić information content (AvgIpc) is 2.35. The van der Waals surface area contributed by atoms with Crippen LogP contribution in [-0.2, 0) is 9.53 Å². The number of unbranched alkanes of at least 4 members (excludes halogenated alkanes) is 7. The largest absolute Gasteiger partial charge is 0.468 e. The monoisotopic (exact) mass is 307 g/mol. The number of esters is 1. The number of hydrogen-bond donors (Lipinski definition) is 1. The van der Waals surface area contributed by atoms with E-state index in [0.717, 1.165) is 18.2 Å². The number of hydrogen-bond acceptors (Lipinski definition) is 3. The number of ether oxygens (including phenoxy) is 1. The number of alkyl halides is 1. The first kappa shape index (κ1) is 16.9. The summed E-state index contributed by atoms with van der Waals surface area (Å²) in [6, 6.07) is -0.432. The van der Waals surface area contributed by atoms with Crippen LogP contribution in [0.5, 0.6) is 0 Å². The fourth-order valence-electron chi connectivity index (χ4n) is 1.79. The molecule has 2 N–H and O–H groups in total. The molecule has 0 spiro atoms. The van der Waals surface area contributed by atoms with Gasteiger partial charge in [-0.25, -0.2) is 0 Å². The van der Waals surface area contributed by atoms with Crippen molar-refractivity contribution in [2.45, 2.75) is 63.8 Å². The second-order valence-corrected chi connectivity index (χ2v) is 5.23. The van der Waals surface area contributed by atoms with Crippen molar-refractivity contribution in [3.63, 3.8) is 0 Å². The van der Waals surface area contributed by atoms with Gasteiger partial charge in [0.15, 0.2) is 0 Å². The van der Waals surface area contributed by atoms with E-state index in [4.69, 9.17) is 5.73 Å². The third-order valence-electron chi connectivity index (χ3n) is 2.90. The first-order chi connectivity index (χ1) is 8.22. The molecule has 0 aromatic rings. The molecule has 0 bridgehead atoms. The van der Waals surface area contributed by atoms with Crippen LogP contribution in [0.25, 0.3) is 0 Å². The summed E-state index contributed by atoms with van der Waals surface area (Å²) in [6.45, 7) is 0. The van der Waals surface area contributed by atoms with Gasteiger partial charge in [0.1, 0.15) is 6.04 Å². The standard InChI is InChI=1S/C13H26BrNO2/c1-17-13(16)12(15)10-8-6-4-2-3-5-7-9-11-14/h12H,2-11,15H2,1H3. The molecule has 0 heterocycles. The molecule has 1 atom stereocenters. The highest BCUT2D eigenvalue weighted by Gasteiger charge is 2.12. The predicted molar refractivity (Wildman–Crippen MR) is 75.3 cm³/mol. The van der Waals surface area contributed by atoms with Crippen LogP contribution >= 0.6 is 15.9 Å². The lowest BCUT2D eigenvalue weighted by Crippen LogP contribution is -2.31. The highest BCUT2D eigenvalue weighted by atomic mass is 79.9. The molecular formula is C13H26BrNO2. The van der Waals surface area contributed by atoms with Crippen molar-refractivity contribution in [3.05, 3.63) is 0 Å². The van der Waals surface area contributed by atoms with Crippen molar-refractivity contribution < 1.29 is 9.53 Å². The summed E-state index contributed by atoms with van der Waals surface area (Å²) in [4.78, 5) is 11.0. The summed E-state index contributed by atoms with van der Waals surface area (Å²) in [7, 11) is 1.38. The van der Waals surface area contributed by atoms with Crippen molar-refractivity contribution in [1.29, 1.82) is 0 Å². The van der Waals surface area contributed by atoms with Crippen molar-refractivity contribution in [3.8, 4) is 0 Å².